The molecule has 1 aliphatic rings. The zero-order valence-corrected chi connectivity index (χ0v) is 15.5. The first-order valence-electron chi connectivity index (χ1n) is 9.64. The summed E-state index contributed by atoms with van der Waals surface area (Å²) in [7, 11) is 0. The maximum atomic E-state index is 12.5. The predicted octanol–water partition coefficient (Wildman–Crippen LogP) is 4.64. The Morgan fingerprint density at radius 3 is 2.54 bits per heavy atom. The summed E-state index contributed by atoms with van der Waals surface area (Å²) in [6, 6.07) is 19.5. The fraction of sp³-hybridized carbons (Fsp3) is 0.174. The molecule has 0 saturated heterocycles. The summed E-state index contributed by atoms with van der Waals surface area (Å²) in [6.45, 7) is 0. The highest BCUT2D eigenvalue weighted by atomic mass is 16.1. The van der Waals surface area contributed by atoms with Gasteiger partial charge < -0.3 is 0 Å². The first-order chi connectivity index (χ1) is 13.8. The molecule has 0 atom stereocenters. The van der Waals surface area contributed by atoms with Crippen LogP contribution in [-0.4, -0.2) is 19.4 Å². The smallest absolute Gasteiger partial charge is 0.267 e. The van der Waals surface area contributed by atoms with Gasteiger partial charge in [-0.1, -0.05) is 42.5 Å². The van der Waals surface area contributed by atoms with Gasteiger partial charge in [0.25, 0.3) is 5.56 Å². The summed E-state index contributed by atoms with van der Waals surface area (Å²) < 4.78 is 3.43. The van der Waals surface area contributed by atoms with Gasteiger partial charge in [0.15, 0.2) is 0 Å². The summed E-state index contributed by atoms with van der Waals surface area (Å²) in [5.74, 6) is 0. The van der Waals surface area contributed by atoms with Crippen molar-refractivity contribution in [2.24, 2.45) is 0 Å². The van der Waals surface area contributed by atoms with Gasteiger partial charge in [-0.05, 0) is 43.9 Å². The van der Waals surface area contributed by atoms with Gasteiger partial charge in [-0.15, -0.1) is 0 Å². The Balaban J connectivity index is 1.76. The molecule has 1 aliphatic carbocycles. The Kier molecular flexibility index (Phi) is 4.13. The highest BCUT2D eigenvalue weighted by Gasteiger charge is 2.19. The van der Waals surface area contributed by atoms with Gasteiger partial charge in [-0.2, -0.15) is 10.2 Å². The highest BCUT2D eigenvalue weighted by molar-refractivity contribution is 5.90. The number of benzene rings is 1. The van der Waals surface area contributed by atoms with Gasteiger partial charge in [-0.25, -0.2) is 9.20 Å². The topological polar surface area (TPSA) is 52.2 Å². The van der Waals surface area contributed by atoms with Crippen LogP contribution in [0.15, 0.2) is 77.7 Å². The zero-order valence-electron chi connectivity index (χ0n) is 15.5. The highest BCUT2D eigenvalue weighted by Crippen LogP contribution is 2.33. The number of nitrogens with zero attached hydrogens (tertiary/aromatic N) is 4. The minimum Gasteiger partial charge on any atom is -0.267 e. The van der Waals surface area contributed by atoms with Gasteiger partial charge in [0.1, 0.15) is 5.69 Å². The molecular weight excluding hydrogens is 348 g/mol. The lowest BCUT2D eigenvalue weighted by Crippen LogP contribution is -2.22. The van der Waals surface area contributed by atoms with E-state index in [0.717, 1.165) is 53.0 Å². The Morgan fingerprint density at radius 1 is 0.857 bits per heavy atom. The third-order valence-corrected chi connectivity index (χ3v) is 5.18. The predicted molar refractivity (Wildman–Crippen MR) is 111 cm³/mol. The number of pyridine rings is 1. The third kappa shape index (κ3) is 2.85. The second kappa shape index (κ2) is 6.93. The molecule has 5 rings (SSSR count). The summed E-state index contributed by atoms with van der Waals surface area (Å²) in [5, 5.41) is 9.56. The average Bonchev–Trinajstić information content (AvgIpc) is 3.15. The second-order valence-corrected chi connectivity index (χ2v) is 7.03. The molecular formula is C23H20N4O. The summed E-state index contributed by atoms with van der Waals surface area (Å²) >= 11 is 0. The van der Waals surface area contributed by atoms with E-state index in [2.05, 4.69) is 6.08 Å². The minimum absolute atomic E-state index is 0.0883. The minimum atomic E-state index is -0.0883. The number of aromatic nitrogens is 4. The average molecular weight is 368 g/mol. The maximum absolute atomic E-state index is 12.5. The Labute approximate surface area is 162 Å². The molecule has 0 aliphatic heterocycles. The summed E-state index contributed by atoms with van der Waals surface area (Å²) in [5.41, 5.74) is 5.46. The van der Waals surface area contributed by atoms with Crippen molar-refractivity contribution in [3.63, 3.8) is 0 Å². The molecule has 4 aromatic rings. The van der Waals surface area contributed by atoms with Crippen molar-refractivity contribution in [2.45, 2.75) is 25.7 Å². The van der Waals surface area contributed by atoms with Crippen LogP contribution in [0.4, 0.5) is 0 Å². The van der Waals surface area contributed by atoms with E-state index in [1.807, 2.05) is 59.2 Å². The van der Waals surface area contributed by atoms with Crippen LogP contribution in [-0.2, 0) is 0 Å². The normalized spacial score (nSPS) is 14.2. The molecule has 0 amide bonds. The van der Waals surface area contributed by atoms with Crippen LogP contribution in [0, 0.1) is 0 Å². The standard InChI is InChI=1S/C23H20N4O/c28-21-15-14-19(24-27(21)18-11-5-2-6-12-18)22-20-13-7-8-16-26(20)25-23(22)17-9-3-1-4-10-17/h1,3-4,7-11,13-16H,2,5-6,12H2. The molecule has 0 N–H and O–H groups in total. The van der Waals surface area contributed by atoms with Crippen molar-refractivity contribution < 1.29 is 0 Å². The van der Waals surface area contributed by atoms with E-state index in [9.17, 15) is 4.79 Å². The molecule has 28 heavy (non-hydrogen) atoms. The molecule has 0 radical (unpaired) electrons. The van der Waals surface area contributed by atoms with Gasteiger partial charge in [-0.3, -0.25) is 4.79 Å². The number of fused-ring (bicyclic) bond motifs is 1. The summed E-state index contributed by atoms with van der Waals surface area (Å²) in [4.78, 5) is 12.5. The quantitative estimate of drug-likeness (QED) is 0.529. The third-order valence-electron chi connectivity index (χ3n) is 5.18. The SMILES string of the molecule is O=c1ccc(-c2c(-c3ccccc3)nn3ccccc23)nn1C1=CCCCC1. The Bertz CT molecular complexity index is 1230. The lowest BCUT2D eigenvalue weighted by Gasteiger charge is -2.14. The second-order valence-electron chi connectivity index (χ2n) is 7.03. The Hall–Kier alpha value is -3.47. The number of hydrogen-bond acceptors (Lipinski definition) is 3. The molecule has 0 fully saturated rings. The largest absolute Gasteiger partial charge is 0.271 e. The number of rotatable bonds is 3. The van der Waals surface area contributed by atoms with Crippen molar-refractivity contribution in [3.8, 4) is 22.5 Å². The van der Waals surface area contributed by atoms with Gasteiger partial charge >= 0.3 is 0 Å². The van der Waals surface area contributed by atoms with Crippen molar-refractivity contribution in [1.29, 1.82) is 0 Å². The zero-order chi connectivity index (χ0) is 18.9. The van der Waals surface area contributed by atoms with E-state index in [-0.39, 0.29) is 5.56 Å². The fourth-order valence-electron chi connectivity index (χ4n) is 3.81. The van der Waals surface area contributed by atoms with E-state index in [1.165, 1.54) is 6.42 Å². The lowest BCUT2D eigenvalue weighted by molar-refractivity contribution is 0.685. The molecule has 138 valence electrons. The van der Waals surface area contributed by atoms with Crippen molar-refractivity contribution in [2.75, 3.05) is 0 Å². The van der Waals surface area contributed by atoms with Crippen molar-refractivity contribution >= 4 is 11.2 Å². The molecule has 3 aromatic heterocycles. The van der Waals surface area contributed by atoms with E-state index >= 15 is 0 Å². The first-order valence-corrected chi connectivity index (χ1v) is 9.64. The van der Waals surface area contributed by atoms with Crippen LogP contribution in [0.2, 0.25) is 0 Å². The van der Waals surface area contributed by atoms with E-state index in [4.69, 9.17) is 10.2 Å². The van der Waals surface area contributed by atoms with Gasteiger partial charge in [0, 0.05) is 23.5 Å². The van der Waals surface area contributed by atoms with Crippen LogP contribution < -0.4 is 5.56 Å². The number of allylic oxidation sites excluding steroid dienone is 2. The maximum Gasteiger partial charge on any atom is 0.271 e. The fourth-order valence-corrected chi connectivity index (χ4v) is 3.81. The van der Waals surface area contributed by atoms with Crippen LogP contribution in [0.1, 0.15) is 25.7 Å². The van der Waals surface area contributed by atoms with Gasteiger partial charge in [0.05, 0.1) is 16.8 Å². The Morgan fingerprint density at radius 2 is 1.71 bits per heavy atom. The monoisotopic (exact) mass is 368 g/mol. The lowest BCUT2D eigenvalue weighted by atomic mass is 10.0. The van der Waals surface area contributed by atoms with Gasteiger partial charge in [0.2, 0.25) is 0 Å². The molecule has 0 bridgehead atoms. The van der Waals surface area contributed by atoms with Crippen molar-refractivity contribution in [1.82, 2.24) is 19.4 Å². The first kappa shape index (κ1) is 16.7. The van der Waals surface area contributed by atoms with Crippen LogP contribution in [0.25, 0.3) is 33.7 Å². The molecule has 5 nitrogen and oxygen atoms in total. The van der Waals surface area contributed by atoms with E-state index in [1.54, 1.807) is 16.8 Å². The molecule has 0 saturated carbocycles. The van der Waals surface area contributed by atoms with Crippen LogP contribution in [0.3, 0.4) is 0 Å². The van der Waals surface area contributed by atoms with Crippen LogP contribution >= 0.6 is 0 Å². The van der Waals surface area contributed by atoms with Crippen LogP contribution in [0.5, 0.6) is 0 Å². The van der Waals surface area contributed by atoms with Crippen molar-refractivity contribution in [3.05, 3.63) is 83.3 Å². The van der Waals surface area contributed by atoms with E-state index < -0.39 is 0 Å². The van der Waals surface area contributed by atoms with E-state index in [0.29, 0.717) is 0 Å². The summed E-state index contributed by atoms with van der Waals surface area (Å²) in [6.07, 6.45) is 8.22. The molecule has 1 aromatic carbocycles. The molecule has 0 spiro atoms. The molecule has 5 heteroatoms. The molecule has 0 unspecified atom stereocenters. The molecule has 3 heterocycles. The number of hydrogen-bond donors (Lipinski definition) is 0.